The van der Waals surface area contributed by atoms with Crippen LogP contribution in [0.3, 0.4) is 0 Å². The summed E-state index contributed by atoms with van der Waals surface area (Å²) in [5.41, 5.74) is 5.44. The Bertz CT molecular complexity index is 206. The van der Waals surface area contributed by atoms with Crippen molar-refractivity contribution in [2.75, 3.05) is 0 Å². The van der Waals surface area contributed by atoms with Crippen molar-refractivity contribution in [1.29, 1.82) is 0 Å². The molecular formula is C7H14N4. The third-order valence-electron chi connectivity index (χ3n) is 1.60. The van der Waals surface area contributed by atoms with Gasteiger partial charge in [0.2, 0.25) is 0 Å². The van der Waals surface area contributed by atoms with Crippen molar-refractivity contribution in [3.63, 3.8) is 0 Å². The van der Waals surface area contributed by atoms with Crippen LogP contribution in [0, 0.1) is 0 Å². The lowest BCUT2D eigenvalue weighted by molar-refractivity contribution is 0.545. The molecule has 0 saturated carbocycles. The van der Waals surface area contributed by atoms with E-state index in [-0.39, 0.29) is 0 Å². The van der Waals surface area contributed by atoms with E-state index in [1.807, 2.05) is 4.68 Å². The van der Waals surface area contributed by atoms with Crippen molar-refractivity contribution in [3.8, 4) is 0 Å². The van der Waals surface area contributed by atoms with Crippen LogP contribution >= 0.6 is 0 Å². The van der Waals surface area contributed by atoms with Crippen molar-refractivity contribution in [2.45, 2.75) is 32.9 Å². The lowest BCUT2D eigenvalue weighted by Gasteiger charge is -2.01. The van der Waals surface area contributed by atoms with E-state index in [4.69, 9.17) is 5.73 Å². The SMILES string of the molecule is CCCCn1ncnc1CN. The molecule has 0 aliphatic heterocycles. The highest BCUT2D eigenvalue weighted by Gasteiger charge is 1.99. The molecule has 0 fully saturated rings. The highest BCUT2D eigenvalue weighted by Crippen LogP contribution is 1.96. The van der Waals surface area contributed by atoms with Gasteiger partial charge in [-0.15, -0.1) is 0 Å². The largest absolute Gasteiger partial charge is 0.324 e. The third-order valence-corrected chi connectivity index (χ3v) is 1.60. The fourth-order valence-electron chi connectivity index (χ4n) is 0.941. The second-order valence-electron chi connectivity index (χ2n) is 2.46. The first kappa shape index (κ1) is 8.20. The van der Waals surface area contributed by atoms with Crippen molar-refractivity contribution in [2.24, 2.45) is 5.73 Å². The Balaban J connectivity index is 2.54. The van der Waals surface area contributed by atoms with Crippen LogP contribution in [0.4, 0.5) is 0 Å². The first-order chi connectivity index (χ1) is 5.38. The molecule has 0 aromatic carbocycles. The van der Waals surface area contributed by atoms with E-state index in [1.165, 1.54) is 6.42 Å². The molecule has 0 unspecified atom stereocenters. The highest BCUT2D eigenvalue weighted by molar-refractivity contribution is 4.81. The maximum absolute atomic E-state index is 5.44. The van der Waals surface area contributed by atoms with Crippen molar-refractivity contribution in [1.82, 2.24) is 14.8 Å². The molecule has 0 saturated heterocycles. The van der Waals surface area contributed by atoms with Crippen LogP contribution in [0.5, 0.6) is 0 Å². The molecule has 0 radical (unpaired) electrons. The van der Waals surface area contributed by atoms with Crippen molar-refractivity contribution in [3.05, 3.63) is 12.2 Å². The summed E-state index contributed by atoms with van der Waals surface area (Å²) in [6.45, 7) is 3.56. The first-order valence-corrected chi connectivity index (χ1v) is 3.95. The predicted molar refractivity (Wildman–Crippen MR) is 42.8 cm³/mol. The maximum Gasteiger partial charge on any atom is 0.140 e. The lowest BCUT2D eigenvalue weighted by Crippen LogP contribution is -2.09. The number of nitrogens with zero attached hydrogens (tertiary/aromatic N) is 3. The van der Waals surface area contributed by atoms with Gasteiger partial charge in [-0.3, -0.25) is 0 Å². The number of hydrogen-bond donors (Lipinski definition) is 1. The average Bonchev–Trinajstić information content (AvgIpc) is 2.47. The molecule has 0 amide bonds. The minimum Gasteiger partial charge on any atom is -0.324 e. The minimum atomic E-state index is 0.476. The van der Waals surface area contributed by atoms with Crippen LogP contribution in [0.2, 0.25) is 0 Å². The zero-order valence-electron chi connectivity index (χ0n) is 6.82. The van der Waals surface area contributed by atoms with Gasteiger partial charge in [0.1, 0.15) is 12.2 Å². The van der Waals surface area contributed by atoms with Crippen molar-refractivity contribution < 1.29 is 0 Å². The number of unbranched alkanes of at least 4 members (excludes halogenated alkanes) is 1. The Hall–Kier alpha value is -0.900. The van der Waals surface area contributed by atoms with E-state index in [2.05, 4.69) is 17.0 Å². The van der Waals surface area contributed by atoms with Gasteiger partial charge in [0, 0.05) is 6.54 Å². The minimum absolute atomic E-state index is 0.476. The molecule has 0 spiro atoms. The van der Waals surface area contributed by atoms with Crippen LogP contribution in [-0.2, 0) is 13.1 Å². The molecule has 4 nitrogen and oxygen atoms in total. The first-order valence-electron chi connectivity index (χ1n) is 3.95. The number of rotatable bonds is 4. The molecule has 0 aliphatic rings. The van der Waals surface area contributed by atoms with E-state index < -0.39 is 0 Å². The van der Waals surface area contributed by atoms with E-state index in [0.717, 1.165) is 18.8 Å². The Morgan fingerprint density at radius 1 is 1.64 bits per heavy atom. The molecule has 1 rings (SSSR count). The zero-order chi connectivity index (χ0) is 8.10. The highest BCUT2D eigenvalue weighted by atomic mass is 15.3. The molecule has 2 N–H and O–H groups in total. The Morgan fingerprint density at radius 3 is 3.09 bits per heavy atom. The van der Waals surface area contributed by atoms with Gasteiger partial charge in [0.15, 0.2) is 0 Å². The monoisotopic (exact) mass is 154 g/mol. The standard InChI is InChI=1S/C7H14N4/c1-2-3-4-11-7(5-8)9-6-10-11/h6H,2-5,8H2,1H3. The number of nitrogens with two attached hydrogens (primary N) is 1. The smallest absolute Gasteiger partial charge is 0.140 e. The Morgan fingerprint density at radius 2 is 2.45 bits per heavy atom. The molecule has 0 atom stereocenters. The van der Waals surface area contributed by atoms with Gasteiger partial charge in [0.05, 0.1) is 6.54 Å². The second kappa shape index (κ2) is 4.08. The summed E-state index contributed by atoms with van der Waals surface area (Å²) in [7, 11) is 0. The second-order valence-corrected chi connectivity index (χ2v) is 2.46. The van der Waals surface area contributed by atoms with Crippen LogP contribution < -0.4 is 5.73 Å². The van der Waals surface area contributed by atoms with Gasteiger partial charge < -0.3 is 5.73 Å². The summed E-state index contributed by atoms with van der Waals surface area (Å²) in [6, 6.07) is 0. The molecule has 11 heavy (non-hydrogen) atoms. The molecule has 4 heteroatoms. The normalized spacial score (nSPS) is 10.4. The summed E-state index contributed by atoms with van der Waals surface area (Å²) in [4.78, 5) is 4.01. The molecule has 1 heterocycles. The van der Waals surface area contributed by atoms with Crippen LogP contribution in [0.25, 0.3) is 0 Å². The summed E-state index contributed by atoms with van der Waals surface area (Å²) >= 11 is 0. The zero-order valence-corrected chi connectivity index (χ0v) is 6.82. The molecule has 1 aromatic rings. The number of aromatic nitrogens is 3. The molecule has 0 aliphatic carbocycles. The van der Waals surface area contributed by atoms with E-state index in [0.29, 0.717) is 6.54 Å². The Labute approximate surface area is 66.4 Å². The Kier molecular flexibility index (Phi) is 3.04. The average molecular weight is 154 g/mol. The number of hydrogen-bond acceptors (Lipinski definition) is 3. The third kappa shape index (κ3) is 2.01. The maximum atomic E-state index is 5.44. The van der Waals surface area contributed by atoms with Crippen LogP contribution in [0.15, 0.2) is 6.33 Å². The van der Waals surface area contributed by atoms with E-state index >= 15 is 0 Å². The topological polar surface area (TPSA) is 56.7 Å². The molecule has 0 bridgehead atoms. The number of aryl methyl sites for hydroxylation is 1. The van der Waals surface area contributed by atoms with Gasteiger partial charge in [0.25, 0.3) is 0 Å². The summed E-state index contributed by atoms with van der Waals surface area (Å²) in [5, 5.41) is 4.05. The fraction of sp³-hybridized carbons (Fsp3) is 0.714. The van der Waals surface area contributed by atoms with Gasteiger partial charge in [-0.25, -0.2) is 9.67 Å². The molecular weight excluding hydrogens is 140 g/mol. The fourth-order valence-corrected chi connectivity index (χ4v) is 0.941. The summed E-state index contributed by atoms with van der Waals surface area (Å²) < 4.78 is 1.86. The van der Waals surface area contributed by atoms with Gasteiger partial charge in [-0.1, -0.05) is 13.3 Å². The lowest BCUT2D eigenvalue weighted by atomic mass is 10.3. The summed E-state index contributed by atoms with van der Waals surface area (Å²) in [6.07, 6.45) is 3.86. The van der Waals surface area contributed by atoms with Gasteiger partial charge >= 0.3 is 0 Å². The van der Waals surface area contributed by atoms with E-state index in [1.54, 1.807) is 6.33 Å². The van der Waals surface area contributed by atoms with Gasteiger partial charge in [-0.2, -0.15) is 5.10 Å². The quantitative estimate of drug-likeness (QED) is 0.688. The van der Waals surface area contributed by atoms with E-state index in [9.17, 15) is 0 Å². The summed E-state index contributed by atoms with van der Waals surface area (Å²) in [5.74, 6) is 0.874. The van der Waals surface area contributed by atoms with Crippen LogP contribution in [-0.4, -0.2) is 14.8 Å². The molecule has 62 valence electrons. The van der Waals surface area contributed by atoms with Crippen LogP contribution in [0.1, 0.15) is 25.6 Å². The van der Waals surface area contributed by atoms with Crippen molar-refractivity contribution >= 4 is 0 Å². The molecule has 1 aromatic heterocycles. The van der Waals surface area contributed by atoms with Gasteiger partial charge in [-0.05, 0) is 6.42 Å². The predicted octanol–water partition coefficient (Wildman–Crippen LogP) is 0.537.